The molecule has 2 heterocycles. The van der Waals surface area contributed by atoms with Gasteiger partial charge in [-0.25, -0.2) is 0 Å². The minimum absolute atomic E-state index is 0.488. The topological polar surface area (TPSA) is 70.4 Å². The van der Waals surface area contributed by atoms with E-state index in [1.807, 2.05) is 6.33 Å². The second-order valence-electron chi connectivity index (χ2n) is 7.95. The van der Waals surface area contributed by atoms with E-state index in [2.05, 4.69) is 74.5 Å². The fourth-order valence-electron chi connectivity index (χ4n) is 3.94. The van der Waals surface area contributed by atoms with Crippen molar-refractivity contribution in [3.05, 3.63) is 48.0 Å². The van der Waals surface area contributed by atoms with Gasteiger partial charge in [-0.15, -0.1) is 10.2 Å². The van der Waals surface area contributed by atoms with Crippen molar-refractivity contribution in [2.45, 2.75) is 58.5 Å². The van der Waals surface area contributed by atoms with Gasteiger partial charge in [-0.1, -0.05) is 44.2 Å². The molecular weight excluding hydrogens is 374 g/mol. The maximum Gasteiger partial charge on any atom is 0.191 e. The Balaban J connectivity index is 1.53. The molecule has 0 amide bonds. The molecule has 7 nitrogen and oxygen atoms in total. The highest BCUT2D eigenvalue weighted by Crippen LogP contribution is 2.10. The molecule has 0 radical (unpaired) electrons. The van der Waals surface area contributed by atoms with Gasteiger partial charge in [0.1, 0.15) is 12.2 Å². The number of guanidine groups is 1. The van der Waals surface area contributed by atoms with Crippen molar-refractivity contribution in [3.8, 4) is 0 Å². The Bertz CT molecular complexity index is 748. The molecule has 164 valence electrons. The van der Waals surface area contributed by atoms with Crippen LogP contribution in [0.3, 0.4) is 0 Å². The van der Waals surface area contributed by atoms with Crippen LogP contribution in [0.25, 0.3) is 0 Å². The molecule has 3 rings (SSSR count). The van der Waals surface area contributed by atoms with E-state index in [0.29, 0.717) is 6.04 Å². The molecule has 0 spiro atoms. The lowest BCUT2D eigenvalue weighted by molar-refractivity contribution is 0.206. The molecule has 0 saturated carbocycles. The van der Waals surface area contributed by atoms with Gasteiger partial charge in [0.05, 0.1) is 0 Å². The number of aromatic nitrogens is 3. The van der Waals surface area contributed by atoms with Crippen molar-refractivity contribution >= 4 is 5.96 Å². The fourth-order valence-corrected chi connectivity index (χ4v) is 3.94. The molecule has 2 aromatic rings. The lowest BCUT2D eigenvalue weighted by atomic mass is 10.1. The smallest absolute Gasteiger partial charge is 0.191 e. The summed E-state index contributed by atoms with van der Waals surface area (Å²) in [7, 11) is 0. The lowest BCUT2D eigenvalue weighted by Crippen LogP contribution is -2.49. The fraction of sp³-hybridized carbons (Fsp3) is 0.609. The van der Waals surface area contributed by atoms with E-state index < -0.39 is 0 Å². The van der Waals surface area contributed by atoms with Gasteiger partial charge < -0.3 is 20.1 Å². The first-order valence-electron chi connectivity index (χ1n) is 11.5. The average molecular weight is 412 g/mol. The van der Waals surface area contributed by atoms with Crippen LogP contribution in [-0.2, 0) is 19.4 Å². The second-order valence-corrected chi connectivity index (χ2v) is 7.95. The molecule has 0 aliphatic carbocycles. The van der Waals surface area contributed by atoms with E-state index in [4.69, 9.17) is 4.99 Å². The number of hydrogen-bond donors (Lipinski definition) is 2. The molecule has 1 aromatic heterocycles. The highest BCUT2D eigenvalue weighted by Gasteiger charge is 2.19. The summed E-state index contributed by atoms with van der Waals surface area (Å²) in [5.74, 6) is 1.95. The van der Waals surface area contributed by atoms with Crippen molar-refractivity contribution in [1.82, 2.24) is 30.3 Å². The Morgan fingerprint density at radius 3 is 2.67 bits per heavy atom. The second kappa shape index (κ2) is 12.3. The number of nitrogens with one attached hydrogen (secondary N) is 2. The van der Waals surface area contributed by atoms with Gasteiger partial charge in [0.15, 0.2) is 5.96 Å². The highest BCUT2D eigenvalue weighted by molar-refractivity contribution is 5.80. The number of piperidine rings is 1. The number of rotatable bonds is 10. The molecule has 7 heteroatoms. The summed E-state index contributed by atoms with van der Waals surface area (Å²) in [6, 6.07) is 11.1. The van der Waals surface area contributed by atoms with Gasteiger partial charge in [-0.3, -0.25) is 4.99 Å². The first kappa shape index (κ1) is 22.3. The van der Waals surface area contributed by atoms with Crippen LogP contribution in [0.1, 0.15) is 44.5 Å². The monoisotopic (exact) mass is 411 g/mol. The standard InChI is InChI=1S/C23H37N7/c1-3-15-29-16-11-21(12-17-29)27-23(24-13-10-20-8-6-5-7-9-20)25-14-18-30-19-26-28-22(30)4-2/h5-9,19,21H,3-4,10-18H2,1-2H3,(H2,24,25,27). The SMILES string of the molecule is CCCN1CCC(NC(=NCCc2ccccc2)NCCn2cnnc2CC)CC1. The summed E-state index contributed by atoms with van der Waals surface area (Å²) in [5.41, 5.74) is 1.32. The van der Waals surface area contributed by atoms with Crippen LogP contribution >= 0.6 is 0 Å². The number of likely N-dealkylation sites (tertiary alicyclic amines) is 1. The summed E-state index contributed by atoms with van der Waals surface area (Å²) in [6.07, 6.45) is 7.23. The van der Waals surface area contributed by atoms with Crippen LogP contribution < -0.4 is 10.6 Å². The summed E-state index contributed by atoms with van der Waals surface area (Å²) < 4.78 is 2.11. The van der Waals surface area contributed by atoms with Crippen LogP contribution in [0.4, 0.5) is 0 Å². The quantitative estimate of drug-likeness (QED) is 0.464. The van der Waals surface area contributed by atoms with E-state index >= 15 is 0 Å². The third-order valence-electron chi connectivity index (χ3n) is 5.64. The summed E-state index contributed by atoms with van der Waals surface area (Å²) in [6.45, 7) is 10.3. The first-order chi connectivity index (χ1) is 14.8. The maximum atomic E-state index is 4.87. The zero-order chi connectivity index (χ0) is 21.0. The summed E-state index contributed by atoms with van der Waals surface area (Å²) in [4.78, 5) is 7.44. The molecule has 1 fully saturated rings. The third-order valence-corrected chi connectivity index (χ3v) is 5.64. The zero-order valence-electron chi connectivity index (χ0n) is 18.6. The van der Waals surface area contributed by atoms with Gasteiger partial charge in [0, 0.05) is 45.2 Å². The zero-order valence-corrected chi connectivity index (χ0v) is 18.6. The molecule has 0 bridgehead atoms. The van der Waals surface area contributed by atoms with Crippen LogP contribution in [0.5, 0.6) is 0 Å². The van der Waals surface area contributed by atoms with E-state index in [1.165, 1.54) is 44.5 Å². The highest BCUT2D eigenvalue weighted by atomic mass is 15.3. The molecule has 1 aliphatic heterocycles. The lowest BCUT2D eigenvalue weighted by Gasteiger charge is -2.33. The third kappa shape index (κ3) is 7.13. The minimum atomic E-state index is 0.488. The first-order valence-corrected chi connectivity index (χ1v) is 11.5. The Morgan fingerprint density at radius 2 is 1.93 bits per heavy atom. The van der Waals surface area contributed by atoms with Crippen LogP contribution in [-0.4, -0.2) is 64.4 Å². The molecule has 0 unspecified atom stereocenters. The van der Waals surface area contributed by atoms with E-state index in [0.717, 1.165) is 44.3 Å². The van der Waals surface area contributed by atoms with Crippen molar-refractivity contribution in [2.75, 3.05) is 32.7 Å². The van der Waals surface area contributed by atoms with Crippen LogP contribution in [0.2, 0.25) is 0 Å². The molecule has 1 aromatic carbocycles. The Kier molecular flexibility index (Phi) is 9.15. The van der Waals surface area contributed by atoms with Gasteiger partial charge in [0.2, 0.25) is 0 Å². The average Bonchev–Trinajstić information content (AvgIpc) is 3.23. The van der Waals surface area contributed by atoms with Gasteiger partial charge in [-0.05, 0) is 37.8 Å². The summed E-state index contributed by atoms with van der Waals surface area (Å²) >= 11 is 0. The number of aryl methyl sites for hydroxylation is 1. The molecule has 1 saturated heterocycles. The molecule has 1 aliphatic rings. The molecular formula is C23H37N7. The van der Waals surface area contributed by atoms with Crippen molar-refractivity contribution < 1.29 is 0 Å². The molecule has 30 heavy (non-hydrogen) atoms. The van der Waals surface area contributed by atoms with Crippen molar-refractivity contribution in [2.24, 2.45) is 4.99 Å². The van der Waals surface area contributed by atoms with Crippen molar-refractivity contribution in [1.29, 1.82) is 0 Å². The summed E-state index contributed by atoms with van der Waals surface area (Å²) in [5, 5.41) is 15.4. The normalized spacial score (nSPS) is 16.0. The van der Waals surface area contributed by atoms with Gasteiger partial charge in [0.25, 0.3) is 0 Å². The Morgan fingerprint density at radius 1 is 1.13 bits per heavy atom. The van der Waals surface area contributed by atoms with Crippen LogP contribution in [0, 0.1) is 0 Å². The van der Waals surface area contributed by atoms with E-state index in [-0.39, 0.29) is 0 Å². The van der Waals surface area contributed by atoms with Crippen molar-refractivity contribution in [3.63, 3.8) is 0 Å². The predicted molar refractivity (Wildman–Crippen MR) is 123 cm³/mol. The number of aliphatic imine (C=N–C) groups is 1. The van der Waals surface area contributed by atoms with E-state index in [9.17, 15) is 0 Å². The predicted octanol–water partition coefficient (Wildman–Crippen LogP) is 2.49. The number of benzene rings is 1. The molecule has 0 atom stereocenters. The Labute approximate surface area is 181 Å². The number of hydrogen-bond acceptors (Lipinski definition) is 4. The van der Waals surface area contributed by atoms with Gasteiger partial charge >= 0.3 is 0 Å². The largest absolute Gasteiger partial charge is 0.355 e. The Hall–Kier alpha value is -2.41. The van der Waals surface area contributed by atoms with Crippen LogP contribution in [0.15, 0.2) is 41.7 Å². The van der Waals surface area contributed by atoms with Gasteiger partial charge in [-0.2, -0.15) is 0 Å². The maximum absolute atomic E-state index is 4.87. The molecule has 2 N–H and O–H groups in total. The number of nitrogens with zero attached hydrogens (tertiary/aromatic N) is 5. The minimum Gasteiger partial charge on any atom is -0.355 e. The van der Waals surface area contributed by atoms with E-state index in [1.54, 1.807) is 0 Å².